The molecule has 0 bridgehead atoms. The number of alkyl halides is 6. The first kappa shape index (κ1) is 27.3. The summed E-state index contributed by atoms with van der Waals surface area (Å²) in [6, 6.07) is 10.9. The zero-order chi connectivity index (χ0) is 27.1. The van der Waals surface area contributed by atoms with Crippen LogP contribution in [0.5, 0.6) is 0 Å². The van der Waals surface area contributed by atoms with Gasteiger partial charge in [0.2, 0.25) is 0 Å². The van der Waals surface area contributed by atoms with Crippen LogP contribution in [0, 0.1) is 12.8 Å². The van der Waals surface area contributed by atoms with E-state index in [4.69, 9.17) is 11.6 Å². The van der Waals surface area contributed by atoms with Crippen molar-refractivity contribution in [1.29, 1.82) is 0 Å². The Morgan fingerprint density at radius 3 is 2.30 bits per heavy atom. The Morgan fingerprint density at radius 1 is 1.00 bits per heavy atom. The molecule has 37 heavy (non-hydrogen) atoms. The summed E-state index contributed by atoms with van der Waals surface area (Å²) in [4.78, 5) is 21.9. The van der Waals surface area contributed by atoms with E-state index in [0.717, 1.165) is 35.3 Å². The van der Waals surface area contributed by atoms with Crippen molar-refractivity contribution in [2.24, 2.45) is 5.92 Å². The van der Waals surface area contributed by atoms with E-state index in [1.807, 2.05) is 6.07 Å². The Morgan fingerprint density at radius 2 is 1.68 bits per heavy atom. The van der Waals surface area contributed by atoms with Gasteiger partial charge in [-0.05, 0) is 72.7 Å². The highest BCUT2D eigenvalue weighted by atomic mass is 35.5. The molecule has 3 aliphatic rings. The number of nitrogens with one attached hydrogen (secondary N) is 2. The summed E-state index contributed by atoms with van der Waals surface area (Å²) < 4.78 is 67.0. The van der Waals surface area contributed by atoms with Crippen molar-refractivity contribution in [3.05, 3.63) is 52.0 Å². The summed E-state index contributed by atoms with van der Waals surface area (Å²) in [6.07, 6.45) is -9.08. The molecule has 0 saturated carbocycles. The normalized spacial score (nSPS) is 20.4. The lowest BCUT2D eigenvalue weighted by atomic mass is 9.80. The van der Waals surface area contributed by atoms with E-state index < -0.39 is 23.9 Å². The molecule has 5 nitrogen and oxygen atoms in total. The Kier molecular flexibility index (Phi) is 7.49. The van der Waals surface area contributed by atoms with Gasteiger partial charge in [-0.15, -0.1) is 0 Å². The predicted octanol–water partition coefficient (Wildman–Crippen LogP) is 5.71. The molecule has 2 aromatic carbocycles. The van der Waals surface area contributed by atoms with Crippen LogP contribution in [0.25, 0.3) is 0 Å². The molecule has 12 heteroatoms. The number of Topliss-reactive ketones (excluding diaryl/α,β-unsaturated/α-hetero) is 2. The second kappa shape index (κ2) is 10.2. The van der Waals surface area contributed by atoms with E-state index in [9.17, 15) is 35.9 Å². The summed E-state index contributed by atoms with van der Waals surface area (Å²) >= 11 is 6.17. The number of hydrogen-bond acceptors (Lipinski definition) is 5. The fourth-order valence-corrected chi connectivity index (χ4v) is 5.24. The minimum absolute atomic E-state index is 0.664. The zero-order valence-electron chi connectivity index (χ0n) is 19.7. The number of ketones is 2. The largest absolute Gasteiger partial charge is 0.458 e. The Labute approximate surface area is 214 Å². The number of fused-ring (bicyclic) bond motifs is 2. The molecule has 0 spiro atoms. The Balaban J connectivity index is 0.000000229. The van der Waals surface area contributed by atoms with Gasteiger partial charge in [-0.3, -0.25) is 9.59 Å². The van der Waals surface area contributed by atoms with Crippen LogP contribution in [0.2, 0.25) is 5.02 Å². The molecule has 0 unspecified atom stereocenters. The highest BCUT2D eigenvalue weighted by Gasteiger charge is 2.54. The molecule has 1 fully saturated rings. The Bertz CT molecular complexity index is 1190. The smallest absolute Gasteiger partial charge is 0.371 e. The average molecular weight is 548 g/mol. The third kappa shape index (κ3) is 5.87. The van der Waals surface area contributed by atoms with Crippen LogP contribution >= 0.6 is 11.6 Å². The van der Waals surface area contributed by atoms with Crippen molar-refractivity contribution in [3.8, 4) is 0 Å². The van der Waals surface area contributed by atoms with E-state index in [2.05, 4.69) is 46.7 Å². The van der Waals surface area contributed by atoms with Gasteiger partial charge in [-0.1, -0.05) is 11.6 Å². The molecule has 0 amide bonds. The predicted molar refractivity (Wildman–Crippen MR) is 128 cm³/mol. The molecular formula is C25H24ClF6N3O2. The third-order valence-corrected chi connectivity index (χ3v) is 7.19. The molecule has 2 N–H and O–H groups in total. The van der Waals surface area contributed by atoms with Crippen molar-refractivity contribution in [3.63, 3.8) is 0 Å². The van der Waals surface area contributed by atoms with Gasteiger partial charge in [0, 0.05) is 54.2 Å². The van der Waals surface area contributed by atoms with Gasteiger partial charge in [-0.2, -0.15) is 26.3 Å². The van der Waals surface area contributed by atoms with Crippen molar-refractivity contribution in [1.82, 2.24) is 5.32 Å². The molecule has 2 aromatic rings. The third-order valence-electron chi connectivity index (χ3n) is 6.77. The SMILES string of the molecule is Cc1cc(Nc2cc3c4c(c2)[C@@H]2CNC[C@@H]2CN4CCC3)ccc1Cl.O=C(C(=O)C(F)(F)F)C(F)(F)F. The molecule has 5 rings (SSSR count). The maximum Gasteiger partial charge on any atom is 0.458 e. The van der Waals surface area contributed by atoms with Crippen molar-refractivity contribution in [2.75, 3.05) is 36.4 Å². The summed E-state index contributed by atoms with van der Waals surface area (Å²) in [5.41, 5.74) is 8.03. The van der Waals surface area contributed by atoms with Gasteiger partial charge in [0.1, 0.15) is 0 Å². The summed E-state index contributed by atoms with van der Waals surface area (Å²) in [5.74, 6) is -5.40. The molecule has 2 atom stereocenters. The number of halogens is 7. The van der Waals surface area contributed by atoms with Crippen molar-refractivity contribution >= 4 is 40.2 Å². The topological polar surface area (TPSA) is 61.4 Å². The second-order valence-electron chi connectivity index (χ2n) is 9.39. The highest BCUT2D eigenvalue weighted by molar-refractivity contribution is 6.41. The number of carbonyl (C=O) groups is 2. The fraction of sp³-hybridized carbons (Fsp3) is 0.440. The van der Waals surface area contributed by atoms with Gasteiger partial charge in [0.05, 0.1) is 0 Å². The first-order valence-electron chi connectivity index (χ1n) is 11.6. The quantitative estimate of drug-likeness (QED) is 0.381. The molecule has 0 aromatic heterocycles. The minimum Gasteiger partial charge on any atom is -0.371 e. The van der Waals surface area contributed by atoms with Crippen LogP contribution < -0.4 is 15.5 Å². The van der Waals surface area contributed by atoms with Crippen molar-refractivity contribution in [2.45, 2.75) is 38.0 Å². The molecule has 0 aliphatic carbocycles. The lowest BCUT2D eigenvalue weighted by Crippen LogP contribution is -2.40. The first-order valence-corrected chi connectivity index (χ1v) is 12.0. The molecule has 200 valence electrons. The summed E-state index contributed by atoms with van der Waals surface area (Å²) in [6.45, 7) is 6.77. The van der Waals surface area contributed by atoms with Crippen LogP contribution in [0.15, 0.2) is 30.3 Å². The number of anilines is 3. The highest BCUT2D eigenvalue weighted by Crippen LogP contribution is 2.46. The number of carbonyl (C=O) groups excluding carboxylic acids is 2. The van der Waals surface area contributed by atoms with Crippen LogP contribution in [0.3, 0.4) is 0 Å². The van der Waals surface area contributed by atoms with Gasteiger partial charge in [0.15, 0.2) is 0 Å². The van der Waals surface area contributed by atoms with Crippen molar-refractivity contribution < 1.29 is 35.9 Å². The van der Waals surface area contributed by atoms with E-state index >= 15 is 0 Å². The maximum absolute atomic E-state index is 11.2. The number of hydrogen-bond donors (Lipinski definition) is 2. The zero-order valence-corrected chi connectivity index (χ0v) is 20.4. The van der Waals surface area contributed by atoms with Crippen LogP contribution in [-0.4, -0.2) is 50.1 Å². The van der Waals surface area contributed by atoms with E-state index in [0.29, 0.717) is 5.92 Å². The second-order valence-corrected chi connectivity index (χ2v) is 9.80. The lowest BCUT2D eigenvalue weighted by Gasteiger charge is -2.42. The number of benzene rings is 2. The van der Waals surface area contributed by atoms with Gasteiger partial charge >= 0.3 is 23.9 Å². The number of rotatable bonds is 3. The molecule has 3 aliphatic heterocycles. The first-order chi connectivity index (χ1) is 17.3. The van der Waals surface area contributed by atoms with Gasteiger partial charge < -0.3 is 15.5 Å². The van der Waals surface area contributed by atoms with Crippen LogP contribution in [-0.2, 0) is 16.0 Å². The summed E-state index contributed by atoms with van der Waals surface area (Å²) in [5, 5.41) is 8.05. The van der Waals surface area contributed by atoms with Gasteiger partial charge in [0.25, 0.3) is 0 Å². The molecule has 3 heterocycles. The fourth-order valence-electron chi connectivity index (χ4n) is 5.12. The maximum atomic E-state index is 11.2. The average Bonchev–Trinajstić information content (AvgIpc) is 3.29. The number of nitrogens with zero attached hydrogens (tertiary/aromatic N) is 1. The van der Waals surface area contributed by atoms with Gasteiger partial charge in [-0.25, -0.2) is 0 Å². The van der Waals surface area contributed by atoms with Crippen LogP contribution in [0.4, 0.5) is 43.4 Å². The molecule has 1 saturated heterocycles. The lowest BCUT2D eigenvalue weighted by molar-refractivity contribution is -0.193. The minimum atomic E-state index is -5.77. The Hall–Kier alpha value is -2.79. The molecular weight excluding hydrogens is 524 g/mol. The summed E-state index contributed by atoms with van der Waals surface area (Å²) in [7, 11) is 0. The molecule has 0 radical (unpaired) electrons. The standard InChI is InChI=1S/C21H24ClN3.C4F6O2/c1-13-7-16(4-5-20(13)22)24-17-8-14-3-2-6-25-12-15-10-23-11-19(15)18(9-17)21(14)25;5-3(6,7)1(11)2(12)4(8,9)10/h4-5,7-9,15,19,23-24H,2-3,6,10-12H2,1H3;/t15-,19-;/m1./s1. The van der Waals surface area contributed by atoms with Crippen LogP contribution in [0.1, 0.15) is 29.0 Å². The van der Waals surface area contributed by atoms with E-state index in [-0.39, 0.29) is 0 Å². The monoisotopic (exact) mass is 547 g/mol. The van der Waals surface area contributed by atoms with E-state index in [1.165, 1.54) is 42.9 Å². The van der Waals surface area contributed by atoms with E-state index in [1.54, 1.807) is 5.56 Å². The number of aryl methyl sites for hydroxylation is 2.